The molecule has 8 nitrogen and oxygen atoms in total. The van der Waals surface area contributed by atoms with Gasteiger partial charge >= 0.3 is 0 Å². The van der Waals surface area contributed by atoms with Gasteiger partial charge < -0.3 is 25.3 Å². The van der Waals surface area contributed by atoms with Crippen molar-refractivity contribution in [2.75, 3.05) is 26.6 Å². The van der Waals surface area contributed by atoms with Crippen molar-refractivity contribution in [2.24, 2.45) is 10.8 Å². The average molecular weight is 402 g/mol. The first-order chi connectivity index (χ1) is 13.4. The highest BCUT2D eigenvalue weighted by molar-refractivity contribution is 7.80. The highest BCUT2D eigenvalue weighted by Gasteiger charge is 2.17. The lowest BCUT2D eigenvalue weighted by molar-refractivity contribution is 0.102. The number of carbonyl (C=O) groups is 1. The fourth-order valence-electron chi connectivity index (χ4n) is 2.41. The van der Waals surface area contributed by atoms with Crippen molar-refractivity contribution >= 4 is 34.6 Å². The van der Waals surface area contributed by atoms with Crippen LogP contribution >= 0.6 is 12.2 Å². The number of nitrogens with one attached hydrogen (secondary N) is 2. The Morgan fingerprint density at radius 2 is 1.57 bits per heavy atom. The van der Waals surface area contributed by atoms with E-state index in [4.69, 9.17) is 32.2 Å². The molecule has 0 radical (unpaired) electrons. The Bertz CT molecular complexity index is 872. The van der Waals surface area contributed by atoms with Gasteiger partial charge in [0, 0.05) is 11.3 Å². The van der Waals surface area contributed by atoms with Gasteiger partial charge in [-0.05, 0) is 49.0 Å². The van der Waals surface area contributed by atoms with E-state index in [-0.39, 0.29) is 11.0 Å². The highest BCUT2D eigenvalue weighted by atomic mass is 32.1. The van der Waals surface area contributed by atoms with Crippen LogP contribution in [0.5, 0.6) is 17.2 Å². The smallest absolute Gasteiger partial charge is 0.255 e. The van der Waals surface area contributed by atoms with Gasteiger partial charge in [-0.25, -0.2) is 0 Å². The molecule has 0 saturated carbocycles. The van der Waals surface area contributed by atoms with Gasteiger partial charge in [-0.1, -0.05) is 12.1 Å². The number of nitrogens with zero attached hydrogens (tertiary/aromatic N) is 1. The zero-order valence-corrected chi connectivity index (χ0v) is 16.8. The third-order valence-corrected chi connectivity index (χ3v) is 3.91. The van der Waals surface area contributed by atoms with Crippen molar-refractivity contribution in [3.05, 3.63) is 47.5 Å². The SMILES string of the molecule is COc1cc(C(=O)Nc2ccc(C(C)=NNC(N)=S)cc2)cc(OC)c1OC. The summed E-state index contributed by atoms with van der Waals surface area (Å²) in [6.07, 6.45) is 0. The van der Waals surface area contributed by atoms with Crippen LogP contribution in [0.1, 0.15) is 22.8 Å². The van der Waals surface area contributed by atoms with Gasteiger partial charge in [-0.3, -0.25) is 10.2 Å². The normalized spacial score (nSPS) is 10.8. The van der Waals surface area contributed by atoms with E-state index in [9.17, 15) is 4.79 Å². The van der Waals surface area contributed by atoms with Crippen molar-refractivity contribution in [3.8, 4) is 17.2 Å². The second kappa shape index (κ2) is 9.56. The Morgan fingerprint density at radius 3 is 2.04 bits per heavy atom. The lowest BCUT2D eigenvalue weighted by atomic mass is 10.1. The van der Waals surface area contributed by atoms with Gasteiger partial charge in [0.15, 0.2) is 16.6 Å². The molecule has 2 aromatic carbocycles. The zero-order chi connectivity index (χ0) is 20.7. The van der Waals surface area contributed by atoms with Crippen molar-refractivity contribution in [3.63, 3.8) is 0 Å². The van der Waals surface area contributed by atoms with Crippen LogP contribution in [0.4, 0.5) is 5.69 Å². The van der Waals surface area contributed by atoms with Crippen LogP contribution in [0.15, 0.2) is 41.5 Å². The first-order valence-corrected chi connectivity index (χ1v) is 8.62. The van der Waals surface area contributed by atoms with Gasteiger partial charge in [0.25, 0.3) is 5.91 Å². The molecule has 0 unspecified atom stereocenters. The summed E-state index contributed by atoms with van der Waals surface area (Å²) in [5, 5.41) is 6.98. The maximum atomic E-state index is 12.6. The van der Waals surface area contributed by atoms with E-state index in [0.717, 1.165) is 5.56 Å². The Balaban J connectivity index is 2.19. The summed E-state index contributed by atoms with van der Waals surface area (Å²) in [7, 11) is 4.49. The Morgan fingerprint density at radius 1 is 1.00 bits per heavy atom. The van der Waals surface area contributed by atoms with Crippen LogP contribution in [0.25, 0.3) is 0 Å². The van der Waals surface area contributed by atoms with Gasteiger partial charge in [0.1, 0.15) is 0 Å². The largest absolute Gasteiger partial charge is 0.493 e. The van der Waals surface area contributed by atoms with Crippen LogP contribution in [0.2, 0.25) is 0 Å². The van der Waals surface area contributed by atoms with Gasteiger partial charge in [-0.2, -0.15) is 5.10 Å². The third kappa shape index (κ3) is 5.10. The third-order valence-electron chi connectivity index (χ3n) is 3.82. The highest BCUT2D eigenvalue weighted by Crippen LogP contribution is 2.38. The van der Waals surface area contributed by atoms with Crippen LogP contribution < -0.4 is 30.7 Å². The van der Waals surface area contributed by atoms with E-state index >= 15 is 0 Å². The molecule has 0 spiro atoms. The summed E-state index contributed by atoms with van der Waals surface area (Å²) in [5.74, 6) is 0.915. The summed E-state index contributed by atoms with van der Waals surface area (Å²) in [4.78, 5) is 12.6. The summed E-state index contributed by atoms with van der Waals surface area (Å²) in [5.41, 5.74) is 10.4. The van der Waals surface area contributed by atoms with E-state index in [0.29, 0.717) is 34.2 Å². The number of carbonyl (C=O) groups excluding carboxylic acids is 1. The summed E-state index contributed by atoms with van der Waals surface area (Å²) < 4.78 is 15.8. The molecule has 0 aliphatic carbocycles. The fourth-order valence-corrected chi connectivity index (χ4v) is 2.46. The number of benzene rings is 2. The maximum absolute atomic E-state index is 12.6. The number of methoxy groups -OCH3 is 3. The van der Waals surface area contributed by atoms with Crippen molar-refractivity contribution in [1.82, 2.24) is 5.43 Å². The van der Waals surface area contributed by atoms with Crippen molar-refractivity contribution < 1.29 is 19.0 Å². The van der Waals surface area contributed by atoms with E-state index in [1.807, 2.05) is 19.1 Å². The molecule has 4 N–H and O–H groups in total. The molecule has 0 heterocycles. The standard InChI is InChI=1S/C19H22N4O4S/c1-11(22-23-19(20)28)12-5-7-14(8-6-12)21-18(24)13-9-15(25-2)17(27-4)16(10-13)26-3/h5-10H,1-4H3,(H,21,24)(H3,20,23,28). The number of thiocarbonyl (C=S) groups is 1. The number of ether oxygens (including phenoxy) is 3. The Kier molecular flexibility index (Phi) is 7.16. The number of nitrogens with two attached hydrogens (primary N) is 1. The molecular weight excluding hydrogens is 380 g/mol. The topological polar surface area (TPSA) is 107 Å². The molecular formula is C19H22N4O4S. The first kappa shape index (κ1) is 21.0. The van der Waals surface area contributed by atoms with Gasteiger partial charge in [-0.15, -0.1) is 0 Å². The molecule has 148 valence electrons. The minimum absolute atomic E-state index is 0.0913. The lowest BCUT2D eigenvalue weighted by Gasteiger charge is -2.14. The van der Waals surface area contributed by atoms with Crippen LogP contribution in [0.3, 0.4) is 0 Å². The van der Waals surface area contributed by atoms with E-state index < -0.39 is 0 Å². The molecule has 0 atom stereocenters. The molecule has 0 fully saturated rings. The molecule has 2 aromatic rings. The molecule has 28 heavy (non-hydrogen) atoms. The maximum Gasteiger partial charge on any atom is 0.255 e. The molecule has 0 aliphatic rings. The van der Waals surface area contributed by atoms with Crippen LogP contribution in [0, 0.1) is 0 Å². The molecule has 9 heteroatoms. The van der Waals surface area contributed by atoms with Crippen LogP contribution in [-0.2, 0) is 0 Å². The molecule has 0 bridgehead atoms. The molecule has 0 aromatic heterocycles. The Labute approximate surface area is 168 Å². The summed E-state index contributed by atoms with van der Waals surface area (Å²) in [6.45, 7) is 1.81. The lowest BCUT2D eigenvalue weighted by Crippen LogP contribution is -2.25. The van der Waals surface area contributed by atoms with E-state index in [1.165, 1.54) is 21.3 Å². The number of hydrogen-bond acceptors (Lipinski definition) is 6. The van der Waals surface area contributed by atoms with Crippen LogP contribution in [-0.4, -0.2) is 38.1 Å². The van der Waals surface area contributed by atoms with Gasteiger partial charge in [0.05, 0.1) is 27.0 Å². The molecule has 1 amide bonds. The van der Waals surface area contributed by atoms with Crippen molar-refractivity contribution in [2.45, 2.75) is 6.92 Å². The van der Waals surface area contributed by atoms with Crippen molar-refractivity contribution in [1.29, 1.82) is 0 Å². The van der Waals surface area contributed by atoms with E-state index in [2.05, 4.69) is 15.8 Å². The van der Waals surface area contributed by atoms with E-state index in [1.54, 1.807) is 24.3 Å². The quantitative estimate of drug-likeness (QED) is 0.371. The molecule has 2 rings (SSSR count). The number of amides is 1. The second-order valence-electron chi connectivity index (χ2n) is 5.62. The Hall–Kier alpha value is -3.33. The number of anilines is 1. The zero-order valence-electron chi connectivity index (χ0n) is 16.0. The first-order valence-electron chi connectivity index (χ1n) is 8.21. The predicted octanol–water partition coefficient (Wildman–Crippen LogP) is 2.52. The summed E-state index contributed by atoms with van der Waals surface area (Å²) in [6, 6.07) is 10.4. The minimum atomic E-state index is -0.312. The number of hydrogen-bond donors (Lipinski definition) is 3. The van der Waals surface area contributed by atoms with Gasteiger partial charge in [0.2, 0.25) is 5.75 Å². The number of hydrazone groups is 1. The number of rotatable bonds is 7. The second-order valence-corrected chi connectivity index (χ2v) is 6.06. The average Bonchev–Trinajstić information content (AvgIpc) is 2.71. The fraction of sp³-hybridized carbons (Fsp3) is 0.211. The molecule has 0 aliphatic heterocycles. The predicted molar refractivity (Wildman–Crippen MR) is 113 cm³/mol. The minimum Gasteiger partial charge on any atom is -0.493 e. The summed E-state index contributed by atoms with van der Waals surface area (Å²) >= 11 is 4.72. The molecule has 0 saturated heterocycles. The monoisotopic (exact) mass is 402 g/mol.